The Kier molecular flexibility index (Phi) is 10.1. The molecule has 0 heterocycles. The molecule has 1 N–H and O–H groups in total. The van der Waals surface area contributed by atoms with Gasteiger partial charge in [0.25, 0.3) is 0 Å². The van der Waals surface area contributed by atoms with E-state index in [9.17, 15) is 18.0 Å². The predicted molar refractivity (Wildman–Crippen MR) is 136 cm³/mol. The maximum atomic E-state index is 13.7. The number of para-hydroxylation sites is 1. The van der Waals surface area contributed by atoms with Crippen molar-refractivity contribution >= 4 is 27.7 Å². The largest absolute Gasteiger partial charge is 0.354 e. The van der Waals surface area contributed by atoms with E-state index in [1.165, 1.54) is 19.0 Å². The molecule has 0 aromatic heterocycles. The fourth-order valence-electron chi connectivity index (χ4n) is 3.60. The summed E-state index contributed by atoms with van der Waals surface area (Å²) < 4.78 is 28.4. The molecule has 1 atom stereocenters. The summed E-state index contributed by atoms with van der Waals surface area (Å²) in [6.45, 7) is 6.05. The van der Waals surface area contributed by atoms with Gasteiger partial charge < -0.3 is 10.2 Å². The van der Waals surface area contributed by atoms with Gasteiger partial charge in [0.05, 0.1) is 5.69 Å². The van der Waals surface area contributed by atoms with E-state index in [1.54, 1.807) is 30.3 Å². The minimum atomic E-state index is -3.95. The van der Waals surface area contributed by atoms with Crippen molar-refractivity contribution in [1.29, 1.82) is 0 Å². The zero-order valence-corrected chi connectivity index (χ0v) is 21.5. The molecule has 0 radical (unpaired) electrons. The molecule has 0 aliphatic rings. The SMILES string of the molecule is CCCNC(=O)C(CC)N(Cc1cccc(C)c1)C(=O)CN(c1ccccc1)S(=O)(=O)N(C)C. The van der Waals surface area contributed by atoms with Gasteiger partial charge in [0.2, 0.25) is 11.8 Å². The van der Waals surface area contributed by atoms with Crippen molar-refractivity contribution in [2.75, 3.05) is 31.5 Å². The Labute approximate surface area is 203 Å². The number of nitrogens with one attached hydrogen (secondary N) is 1. The van der Waals surface area contributed by atoms with E-state index in [2.05, 4.69) is 5.32 Å². The molecular weight excluding hydrogens is 452 g/mol. The molecule has 0 fully saturated rings. The smallest absolute Gasteiger partial charge is 0.304 e. The molecule has 2 aromatic carbocycles. The van der Waals surface area contributed by atoms with E-state index in [4.69, 9.17) is 0 Å². The standard InChI is InChI=1S/C25H36N4O4S/c1-6-16-26-25(31)23(7-2)28(18-21-13-11-12-20(3)17-21)24(30)19-29(34(32,33)27(4)5)22-14-9-8-10-15-22/h8-15,17,23H,6-7,16,18-19H2,1-5H3,(H,26,31). The lowest BCUT2D eigenvalue weighted by Crippen LogP contribution is -2.53. The number of anilines is 1. The number of rotatable bonds is 12. The molecule has 186 valence electrons. The lowest BCUT2D eigenvalue weighted by molar-refractivity contribution is -0.140. The van der Waals surface area contributed by atoms with Crippen molar-refractivity contribution in [3.05, 3.63) is 65.7 Å². The van der Waals surface area contributed by atoms with Gasteiger partial charge in [0, 0.05) is 27.2 Å². The lowest BCUT2D eigenvalue weighted by atomic mass is 10.1. The number of benzene rings is 2. The Morgan fingerprint density at radius 2 is 1.68 bits per heavy atom. The topological polar surface area (TPSA) is 90.0 Å². The van der Waals surface area contributed by atoms with Crippen LogP contribution in [0.15, 0.2) is 54.6 Å². The monoisotopic (exact) mass is 488 g/mol. The fraction of sp³-hybridized carbons (Fsp3) is 0.440. The summed E-state index contributed by atoms with van der Waals surface area (Å²) >= 11 is 0. The van der Waals surface area contributed by atoms with Crippen LogP contribution in [-0.4, -0.2) is 62.7 Å². The molecule has 2 rings (SSSR count). The second-order valence-corrected chi connectivity index (χ2v) is 10.4. The summed E-state index contributed by atoms with van der Waals surface area (Å²) in [7, 11) is -1.10. The van der Waals surface area contributed by atoms with Crippen molar-refractivity contribution in [2.45, 2.75) is 46.2 Å². The van der Waals surface area contributed by atoms with Crippen molar-refractivity contribution < 1.29 is 18.0 Å². The number of hydrogen-bond acceptors (Lipinski definition) is 4. The molecule has 0 aliphatic heterocycles. The zero-order chi connectivity index (χ0) is 25.3. The van der Waals surface area contributed by atoms with Gasteiger partial charge in [0.15, 0.2) is 0 Å². The van der Waals surface area contributed by atoms with Gasteiger partial charge in [-0.2, -0.15) is 12.7 Å². The third kappa shape index (κ3) is 7.04. The van der Waals surface area contributed by atoms with Gasteiger partial charge in [0.1, 0.15) is 12.6 Å². The first kappa shape index (κ1) is 27.3. The molecule has 2 amide bonds. The van der Waals surface area contributed by atoms with Gasteiger partial charge >= 0.3 is 10.2 Å². The predicted octanol–water partition coefficient (Wildman–Crippen LogP) is 2.94. The number of hydrogen-bond donors (Lipinski definition) is 1. The van der Waals surface area contributed by atoms with E-state index in [1.807, 2.05) is 45.0 Å². The highest BCUT2D eigenvalue weighted by Crippen LogP contribution is 2.21. The third-order valence-corrected chi connectivity index (χ3v) is 7.25. The maximum absolute atomic E-state index is 13.7. The van der Waals surface area contributed by atoms with E-state index < -0.39 is 28.7 Å². The summed E-state index contributed by atoms with van der Waals surface area (Å²) in [5, 5.41) is 2.88. The van der Waals surface area contributed by atoms with Gasteiger partial charge in [-0.1, -0.05) is 61.9 Å². The summed E-state index contributed by atoms with van der Waals surface area (Å²) in [4.78, 5) is 28.1. The summed E-state index contributed by atoms with van der Waals surface area (Å²) in [6, 6.07) is 15.5. The van der Waals surface area contributed by atoms with Crippen LogP contribution in [0.25, 0.3) is 0 Å². The molecule has 0 bridgehead atoms. The van der Waals surface area contributed by atoms with Crippen molar-refractivity contribution in [1.82, 2.24) is 14.5 Å². The first-order valence-corrected chi connectivity index (χ1v) is 12.9. The van der Waals surface area contributed by atoms with Crippen LogP contribution in [0.2, 0.25) is 0 Å². The molecule has 0 aliphatic carbocycles. The average molecular weight is 489 g/mol. The number of nitrogens with zero attached hydrogens (tertiary/aromatic N) is 3. The summed E-state index contributed by atoms with van der Waals surface area (Å²) in [5.74, 6) is -0.693. The molecule has 0 spiro atoms. The van der Waals surface area contributed by atoms with Crippen molar-refractivity contribution in [3.63, 3.8) is 0 Å². The van der Waals surface area contributed by atoms with Crippen molar-refractivity contribution in [2.24, 2.45) is 0 Å². The normalized spacial score (nSPS) is 12.3. The van der Waals surface area contributed by atoms with Gasteiger partial charge in [-0.3, -0.25) is 9.59 Å². The summed E-state index contributed by atoms with van der Waals surface area (Å²) in [5.41, 5.74) is 2.29. The number of amides is 2. The Morgan fingerprint density at radius 3 is 2.24 bits per heavy atom. The molecule has 9 heteroatoms. The second kappa shape index (κ2) is 12.5. The molecule has 0 saturated carbocycles. The minimum absolute atomic E-state index is 0.198. The van der Waals surface area contributed by atoms with Crippen LogP contribution in [0.4, 0.5) is 5.69 Å². The molecule has 8 nitrogen and oxygen atoms in total. The number of carbonyl (C=O) groups excluding carboxylic acids is 2. The maximum Gasteiger partial charge on any atom is 0.304 e. The van der Waals surface area contributed by atoms with Gasteiger partial charge in [-0.05, 0) is 37.5 Å². The van der Waals surface area contributed by atoms with Crippen LogP contribution in [0, 0.1) is 6.92 Å². The van der Waals surface area contributed by atoms with Crippen LogP contribution >= 0.6 is 0 Å². The van der Waals surface area contributed by atoms with E-state index in [0.717, 1.165) is 26.2 Å². The highest BCUT2D eigenvalue weighted by Gasteiger charge is 2.33. The fourth-order valence-corrected chi connectivity index (χ4v) is 4.66. The number of carbonyl (C=O) groups is 2. The molecule has 2 aromatic rings. The summed E-state index contributed by atoms with van der Waals surface area (Å²) in [6.07, 6.45) is 1.18. The molecular formula is C25H36N4O4S. The third-order valence-electron chi connectivity index (χ3n) is 5.43. The van der Waals surface area contributed by atoms with E-state index >= 15 is 0 Å². The van der Waals surface area contributed by atoms with Gasteiger partial charge in [-0.25, -0.2) is 4.31 Å². The van der Waals surface area contributed by atoms with Crippen LogP contribution in [0.3, 0.4) is 0 Å². The average Bonchev–Trinajstić information content (AvgIpc) is 2.81. The molecule has 0 saturated heterocycles. The first-order valence-electron chi connectivity index (χ1n) is 11.5. The molecule has 1 unspecified atom stereocenters. The lowest BCUT2D eigenvalue weighted by Gasteiger charge is -2.34. The highest BCUT2D eigenvalue weighted by atomic mass is 32.2. The zero-order valence-electron chi connectivity index (χ0n) is 20.7. The molecule has 34 heavy (non-hydrogen) atoms. The highest BCUT2D eigenvalue weighted by molar-refractivity contribution is 7.90. The second-order valence-electron chi connectivity index (χ2n) is 8.36. The van der Waals surface area contributed by atoms with Gasteiger partial charge in [-0.15, -0.1) is 0 Å². The Balaban J connectivity index is 2.46. The van der Waals surface area contributed by atoms with Crippen LogP contribution in [-0.2, 0) is 26.3 Å². The quantitative estimate of drug-likeness (QED) is 0.497. The van der Waals surface area contributed by atoms with Crippen LogP contribution < -0.4 is 9.62 Å². The Hall–Kier alpha value is -2.91. The van der Waals surface area contributed by atoms with Crippen LogP contribution in [0.1, 0.15) is 37.8 Å². The minimum Gasteiger partial charge on any atom is -0.354 e. The Morgan fingerprint density at radius 1 is 1.00 bits per heavy atom. The number of aryl methyl sites for hydroxylation is 1. The Bertz CT molecular complexity index is 1060. The first-order chi connectivity index (χ1) is 16.1. The van der Waals surface area contributed by atoms with E-state index in [-0.39, 0.29) is 12.5 Å². The van der Waals surface area contributed by atoms with E-state index in [0.29, 0.717) is 18.7 Å². The van der Waals surface area contributed by atoms with Crippen LogP contribution in [0.5, 0.6) is 0 Å². The van der Waals surface area contributed by atoms with Crippen molar-refractivity contribution in [3.8, 4) is 0 Å².